The second-order valence-electron chi connectivity index (χ2n) is 7.44. The summed E-state index contributed by atoms with van der Waals surface area (Å²) in [6.45, 7) is 4.50. The Morgan fingerprint density at radius 2 is 2.00 bits per heavy atom. The molecule has 2 heterocycles. The van der Waals surface area contributed by atoms with Crippen molar-refractivity contribution in [3.05, 3.63) is 47.0 Å². The molecule has 6 nitrogen and oxygen atoms in total. The topological polar surface area (TPSA) is 78.1 Å². The standard InChI is InChI=1S/C20H24N4O2/c1-12-3-6-16(7-4-12)24-11-15(10-19(24)25)23-20(26)14-5-8-17-18(9-14)22-13(2)21-17/h3-4,6-7,14-15H,5,8-11H2,1-2H3,(H,21,22)(H,23,26)/t14-,15+/m0/s1. The van der Waals surface area contributed by atoms with E-state index in [1.165, 1.54) is 0 Å². The number of anilines is 1. The largest absolute Gasteiger partial charge is 0.351 e. The Morgan fingerprint density at radius 1 is 1.23 bits per heavy atom. The van der Waals surface area contributed by atoms with E-state index in [-0.39, 0.29) is 23.8 Å². The zero-order chi connectivity index (χ0) is 18.3. The first-order valence-electron chi connectivity index (χ1n) is 9.21. The van der Waals surface area contributed by atoms with E-state index in [9.17, 15) is 9.59 Å². The highest BCUT2D eigenvalue weighted by Crippen LogP contribution is 2.26. The molecule has 2 aromatic rings. The first-order valence-corrected chi connectivity index (χ1v) is 9.21. The smallest absolute Gasteiger partial charge is 0.229 e. The molecule has 0 radical (unpaired) electrons. The van der Waals surface area contributed by atoms with Gasteiger partial charge in [-0.2, -0.15) is 0 Å². The van der Waals surface area contributed by atoms with E-state index in [2.05, 4.69) is 15.3 Å². The molecular weight excluding hydrogens is 328 g/mol. The molecule has 1 aromatic heterocycles. The molecule has 136 valence electrons. The number of benzene rings is 1. The van der Waals surface area contributed by atoms with Crippen LogP contribution in [0.15, 0.2) is 24.3 Å². The Labute approximate surface area is 153 Å². The molecule has 0 saturated carbocycles. The molecule has 6 heteroatoms. The molecular formula is C20H24N4O2. The molecule has 2 N–H and O–H groups in total. The molecule has 0 unspecified atom stereocenters. The van der Waals surface area contributed by atoms with Crippen LogP contribution < -0.4 is 10.2 Å². The van der Waals surface area contributed by atoms with Crippen LogP contribution in [0, 0.1) is 19.8 Å². The Kier molecular flexibility index (Phi) is 4.26. The lowest BCUT2D eigenvalue weighted by Crippen LogP contribution is -2.42. The molecule has 26 heavy (non-hydrogen) atoms. The fourth-order valence-electron chi connectivity index (χ4n) is 3.94. The van der Waals surface area contributed by atoms with E-state index in [1.807, 2.05) is 38.1 Å². The lowest BCUT2D eigenvalue weighted by Gasteiger charge is -2.23. The number of hydrogen-bond donors (Lipinski definition) is 2. The number of aromatic amines is 1. The van der Waals surface area contributed by atoms with Crippen molar-refractivity contribution in [2.45, 2.75) is 45.6 Å². The van der Waals surface area contributed by atoms with Gasteiger partial charge in [0.05, 0.1) is 11.7 Å². The summed E-state index contributed by atoms with van der Waals surface area (Å²) in [6.07, 6.45) is 2.70. The van der Waals surface area contributed by atoms with Gasteiger partial charge in [0.15, 0.2) is 0 Å². The van der Waals surface area contributed by atoms with E-state index < -0.39 is 0 Å². The van der Waals surface area contributed by atoms with Gasteiger partial charge in [0, 0.05) is 36.7 Å². The minimum absolute atomic E-state index is 0.0476. The summed E-state index contributed by atoms with van der Waals surface area (Å²) in [7, 11) is 0. The van der Waals surface area contributed by atoms with Crippen LogP contribution >= 0.6 is 0 Å². The third-order valence-electron chi connectivity index (χ3n) is 5.35. The van der Waals surface area contributed by atoms with Crippen LogP contribution in [0.3, 0.4) is 0 Å². The molecule has 4 rings (SSSR count). The van der Waals surface area contributed by atoms with Crippen molar-refractivity contribution < 1.29 is 9.59 Å². The molecule has 2 atom stereocenters. The highest BCUT2D eigenvalue weighted by Gasteiger charge is 2.34. The van der Waals surface area contributed by atoms with Gasteiger partial charge in [-0.3, -0.25) is 9.59 Å². The molecule has 1 aliphatic heterocycles. The van der Waals surface area contributed by atoms with E-state index in [0.29, 0.717) is 19.4 Å². The number of carbonyl (C=O) groups excluding carboxylic acids is 2. The van der Waals surface area contributed by atoms with Crippen LogP contribution in [-0.2, 0) is 22.4 Å². The fraction of sp³-hybridized carbons (Fsp3) is 0.450. The van der Waals surface area contributed by atoms with Gasteiger partial charge in [0.25, 0.3) is 0 Å². The van der Waals surface area contributed by atoms with Crippen molar-refractivity contribution in [1.29, 1.82) is 0 Å². The fourth-order valence-corrected chi connectivity index (χ4v) is 3.94. The molecule has 0 bridgehead atoms. The average Bonchev–Trinajstić information content (AvgIpc) is 3.16. The van der Waals surface area contributed by atoms with Gasteiger partial charge in [-0.25, -0.2) is 4.98 Å². The second-order valence-corrected chi connectivity index (χ2v) is 7.44. The second kappa shape index (κ2) is 6.59. The number of carbonyl (C=O) groups is 2. The van der Waals surface area contributed by atoms with Crippen LogP contribution in [0.5, 0.6) is 0 Å². The number of amides is 2. The quantitative estimate of drug-likeness (QED) is 0.887. The summed E-state index contributed by atoms with van der Waals surface area (Å²) in [6, 6.07) is 7.80. The van der Waals surface area contributed by atoms with Gasteiger partial charge in [0.2, 0.25) is 11.8 Å². The average molecular weight is 352 g/mol. The molecule has 0 spiro atoms. The monoisotopic (exact) mass is 352 g/mol. The maximum absolute atomic E-state index is 12.7. The maximum Gasteiger partial charge on any atom is 0.229 e. The number of nitrogens with one attached hydrogen (secondary N) is 2. The van der Waals surface area contributed by atoms with Gasteiger partial charge in [-0.1, -0.05) is 17.7 Å². The summed E-state index contributed by atoms with van der Waals surface area (Å²) in [4.78, 5) is 34.5. The van der Waals surface area contributed by atoms with Crippen molar-refractivity contribution in [3.63, 3.8) is 0 Å². The lowest BCUT2D eigenvalue weighted by atomic mass is 9.89. The Bertz CT molecular complexity index is 840. The number of rotatable bonds is 3. The zero-order valence-electron chi connectivity index (χ0n) is 15.2. The van der Waals surface area contributed by atoms with Crippen molar-refractivity contribution >= 4 is 17.5 Å². The number of nitrogens with zero attached hydrogens (tertiary/aromatic N) is 2. The van der Waals surface area contributed by atoms with Crippen LogP contribution in [0.1, 0.15) is 35.6 Å². The number of aryl methyl sites for hydroxylation is 3. The van der Waals surface area contributed by atoms with E-state index in [4.69, 9.17) is 0 Å². The summed E-state index contributed by atoms with van der Waals surface area (Å²) in [5, 5.41) is 3.09. The summed E-state index contributed by atoms with van der Waals surface area (Å²) in [5.41, 5.74) is 4.23. The Hall–Kier alpha value is -2.63. The van der Waals surface area contributed by atoms with Crippen LogP contribution in [0.25, 0.3) is 0 Å². The summed E-state index contributed by atoms with van der Waals surface area (Å²) < 4.78 is 0. The van der Waals surface area contributed by atoms with E-state index >= 15 is 0 Å². The third-order valence-corrected chi connectivity index (χ3v) is 5.35. The van der Waals surface area contributed by atoms with Crippen molar-refractivity contribution in [2.75, 3.05) is 11.4 Å². The normalized spacial score (nSPS) is 22.4. The van der Waals surface area contributed by atoms with Gasteiger partial charge in [-0.15, -0.1) is 0 Å². The van der Waals surface area contributed by atoms with Crippen LogP contribution in [-0.4, -0.2) is 34.4 Å². The minimum atomic E-state index is -0.124. The third kappa shape index (κ3) is 3.23. The van der Waals surface area contributed by atoms with E-state index in [1.54, 1.807) is 4.90 Å². The first-order chi connectivity index (χ1) is 12.5. The highest BCUT2D eigenvalue weighted by molar-refractivity contribution is 5.97. The predicted octanol–water partition coefficient (Wildman–Crippen LogP) is 2.05. The number of hydrogen-bond acceptors (Lipinski definition) is 3. The van der Waals surface area contributed by atoms with Crippen molar-refractivity contribution in [2.24, 2.45) is 5.92 Å². The summed E-state index contributed by atoms with van der Waals surface area (Å²) >= 11 is 0. The molecule has 1 saturated heterocycles. The number of imidazole rings is 1. The lowest BCUT2D eigenvalue weighted by molar-refractivity contribution is -0.126. The van der Waals surface area contributed by atoms with Crippen molar-refractivity contribution in [1.82, 2.24) is 15.3 Å². The predicted molar refractivity (Wildman–Crippen MR) is 98.9 cm³/mol. The number of H-pyrrole nitrogens is 1. The molecule has 2 amide bonds. The van der Waals surface area contributed by atoms with Gasteiger partial charge in [0.1, 0.15) is 5.82 Å². The van der Waals surface area contributed by atoms with Crippen LogP contribution in [0.2, 0.25) is 0 Å². The molecule has 1 aliphatic carbocycles. The minimum Gasteiger partial charge on any atom is -0.351 e. The Balaban J connectivity index is 1.38. The molecule has 1 aromatic carbocycles. The first kappa shape index (κ1) is 16.8. The highest BCUT2D eigenvalue weighted by atomic mass is 16.2. The Morgan fingerprint density at radius 3 is 2.77 bits per heavy atom. The zero-order valence-corrected chi connectivity index (χ0v) is 15.2. The van der Waals surface area contributed by atoms with Crippen molar-refractivity contribution in [3.8, 4) is 0 Å². The van der Waals surface area contributed by atoms with Gasteiger partial charge >= 0.3 is 0 Å². The van der Waals surface area contributed by atoms with Crippen LogP contribution in [0.4, 0.5) is 5.69 Å². The van der Waals surface area contributed by atoms with Gasteiger partial charge in [-0.05, 0) is 38.8 Å². The number of aromatic nitrogens is 2. The van der Waals surface area contributed by atoms with E-state index in [0.717, 1.165) is 41.3 Å². The summed E-state index contributed by atoms with van der Waals surface area (Å²) in [5.74, 6) is 0.970. The SMILES string of the molecule is Cc1ccc(N2C[C@H](NC(=O)[C@H]3CCc4nc(C)[nH]c4C3)CC2=O)cc1. The molecule has 2 aliphatic rings. The number of fused-ring (bicyclic) bond motifs is 1. The van der Waals surface area contributed by atoms with Gasteiger partial charge < -0.3 is 15.2 Å². The molecule has 1 fully saturated rings. The maximum atomic E-state index is 12.7.